The molecule has 0 aromatic heterocycles. The van der Waals surface area contributed by atoms with Crippen molar-refractivity contribution < 1.29 is 0 Å². The molecule has 1 aromatic carbocycles. The first-order valence-electron chi connectivity index (χ1n) is 6.52. The number of nitrogens with zero attached hydrogens (tertiary/aromatic N) is 1. The van der Waals surface area contributed by atoms with Gasteiger partial charge in [-0.3, -0.25) is 0 Å². The Hall–Kier alpha value is -0.650. The van der Waals surface area contributed by atoms with Crippen LogP contribution in [0.25, 0.3) is 0 Å². The Morgan fingerprint density at radius 2 is 2.26 bits per heavy atom. The quantitative estimate of drug-likeness (QED) is 0.829. The molecule has 1 heterocycles. The minimum atomic E-state index is 0.422. The Morgan fingerprint density at radius 3 is 2.84 bits per heavy atom. The third-order valence-electron chi connectivity index (χ3n) is 3.69. The highest BCUT2D eigenvalue weighted by molar-refractivity contribution is 9.10. The Morgan fingerprint density at radius 1 is 1.53 bits per heavy atom. The average molecular weight is 342 g/mol. The fraction of sp³-hybridized carbons (Fsp3) is 0.500. The lowest BCUT2D eigenvalue weighted by Gasteiger charge is -2.35. The van der Waals surface area contributed by atoms with Gasteiger partial charge >= 0.3 is 0 Å². The molecule has 2 rings (SSSR count). The summed E-state index contributed by atoms with van der Waals surface area (Å²) in [5, 5.41) is 3.62. The van der Waals surface area contributed by atoms with Gasteiger partial charge in [-0.25, -0.2) is 0 Å². The number of benzene rings is 1. The molecule has 1 aliphatic rings. The molecule has 3 nitrogen and oxygen atoms in total. The second-order valence-electron chi connectivity index (χ2n) is 5.34. The molecule has 2 atom stereocenters. The molecule has 1 aliphatic heterocycles. The molecule has 1 fully saturated rings. The summed E-state index contributed by atoms with van der Waals surface area (Å²) in [6.07, 6.45) is 1.17. The van der Waals surface area contributed by atoms with Gasteiger partial charge in [0.15, 0.2) is 0 Å². The third kappa shape index (κ3) is 3.68. The summed E-state index contributed by atoms with van der Waals surface area (Å²) in [6.45, 7) is 4.59. The predicted molar refractivity (Wildman–Crippen MR) is 88.7 cm³/mol. The molecule has 0 amide bonds. The van der Waals surface area contributed by atoms with Gasteiger partial charge in [-0.05, 0) is 60.1 Å². The van der Waals surface area contributed by atoms with Crippen LogP contribution in [-0.2, 0) is 0 Å². The maximum Gasteiger partial charge on any atom is 0.105 e. The normalized spacial score (nSPS) is 24.2. The highest BCUT2D eigenvalue weighted by Gasteiger charge is 2.23. The van der Waals surface area contributed by atoms with E-state index in [1.807, 2.05) is 12.1 Å². The van der Waals surface area contributed by atoms with Crippen molar-refractivity contribution in [2.24, 2.45) is 11.7 Å². The van der Waals surface area contributed by atoms with Crippen molar-refractivity contribution in [3.05, 3.63) is 28.2 Å². The van der Waals surface area contributed by atoms with Gasteiger partial charge in [0.05, 0.1) is 0 Å². The average Bonchev–Trinajstić information content (AvgIpc) is 2.32. The summed E-state index contributed by atoms with van der Waals surface area (Å²) in [4.78, 5) is 2.81. The highest BCUT2D eigenvalue weighted by atomic mass is 79.9. The van der Waals surface area contributed by atoms with E-state index in [1.54, 1.807) is 0 Å². The lowest BCUT2D eigenvalue weighted by atomic mass is 9.94. The molecule has 1 saturated heterocycles. The van der Waals surface area contributed by atoms with Gasteiger partial charge in [0.25, 0.3) is 0 Å². The molecule has 5 heteroatoms. The monoisotopic (exact) mass is 341 g/mol. The van der Waals surface area contributed by atoms with Crippen LogP contribution >= 0.6 is 28.1 Å². The number of piperidine rings is 1. The van der Waals surface area contributed by atoms with Gasteiger partial charge < -0.3 is 16.0 Å². The molecule has 0 radical (unpaired) electrons. The molecule has 3 N–H and O–H groups in total. The van der Waals surface area contributed by atoms with Crippen LogP contribution in [-0.4, -0.2) is 36.1 Å². The summed E-state index contributed by atoms with van der Waals surface area (Å²) in [7, 11) is 2.18. The molecular weight excluding hydrogens is 322 g/mol. The number of rotatable bonds is 3. The first-order valence-corrected chi connectivity index (χ1v) is 7.72. The number of hydrogen-bond acceptors (Lipinski definition) is 3. The van der Waals surface area contributed by atoms with Crippen LogP contribution in [0.4, 0.5) is 5.69 Å². The number of nitrogens with one attached hydrogen (secondary N) is 1. The van der Waals surface area contributed by atoms with E-state index in [0.29, 0.717) is 16.9 Å². The number of anilines is 1. The molecule has 19 heavy (non-hydrogen) atoms. The lowest BCUT2D eigenvalue weighted by Crippen LogP contribution is -2.43. The second kappa shape index (κ2) is 6.20. The Bertz CT molecular complexity index is 478. The smallest absolute Gasteiger partial charge is 0.105 e. The van der Waals surface area contributed by atoms with Crippen LogP contribution in [0.2, 0.25) is 0 Å². The number of thiocarbonyl (C=S) groups is 1. The first-order chi connectivity index (χ1) is 8.97. The Kier molecular flexibility index (Phi) is 4.81. The first kappa shape index (κ1) is 14.8. The highest BCUT2D eigenvalue weighted by Crippen LogP contribution is 2.25. The van der Waals surface area contributed by atoms with Gasteiger partial charge in [0.1, 0.15) is 4.99 Å². The van der Waals surface area contributed by atoms with E-state index >= 15 is 0 Å². The van der Waals surface area contributed by atoms with E-state index in [-0.39, 0.29) is 0 Å². The molecule has 0 aliphatic carbocycles. The summed E-state index contributed by atoms with van der Waals surface area (Å²) in [6, 6.07) is 6.59. The van der Waals surface area contributed by atoms with Crippen LogP contribution in [0, 0.1) is 5.92 Å². The van der Waals surface area contributed by atoms with Gasteiger partial charge in [0.2, 0.25) is 0 Å². The molecular formula is C14H20BrN3S. The van der Waals surface area contributed by atoms with E-state index in [0.717, 1.165) is 28.8 Å². The van der Waals surface area contributed by atoms with Crippen molar-refractivity contribution in [1.29, 1.82) is 0 Å². The van der Waals surface area contributed by atoms with Crippen molar-refractivity contribution >= 4 is 38.8 Å². The van der Waals surface area contributed by atoms with E-state index < -0.39 is 0 Å². The largest absolute Gasteiger partial charge is 0.389 e. The Labute approximate surface area is 128 Å². The van der Waals surface area contributed by atoms with Crippen molar-refractivity contribution in [1.82, 2.24) is 4.90 Å². The van der Waals surface area contributed by atoms with Gasteiger partial charge in [-0.1, -0.05) is 19.1 Å². The van der Waals surface area contributed by atoms with E-state index in [9.17, 15) is 0 Å². The van der Waals surface area contributed by atoms with Gasteiger partial charge in [-0.15, -0.1) is 0 Å². The number of halogens is 1. The molecule has 1 aromatic rings. The Balaban J connectivity index is 2.07. The number of nitrogens with two attached hydrogens (primary N) is 1. The minimum absolute atomic E-state index is 0.422. The van der Waals surface area contributed by atoms with Gasteiger partial charge in [0, 0.05) is 28.3 Å². The molecule has 0 bridgehead atoms. The fourth-order valence-electron chi connectivity index (χ4n) is 2.59. The van der Waals surface area contributed by atoms with Crippen LogP contribution < -0.4 is 11.1 Å². The van der Waals surface area contributed by atoms with E-state index in [1.165, 1.54) is 6.42 Å². The zero-order chi connectivity index (χ0) is 14.0. The van der Waals surface area contributed by atoms with E-state index in [2.05, 4.69) is 46.2 Å². The SMILES string of the molecule is CC1CN(C)CCC1Nc1ccc(C(N)=S)c(Br)c1. The predicted octanol–water partition coefficient (Wildman–Crippen LogP) is 2.84. The maximum absolute atomic E-state index is 5.66. The number of hydrogen-bond donors (Lipinski definition) is 2. The number of likely N-dealkylation sites (tertiary alicyclic amines) is 1. The van der Waals surface area contributed by atoms with Crippen LogP contribution in [0.15, 0.2) is 22.7 Å². The van der Waals surface area contributed by atoms with Crippen LogP contribution in [0.3, 0.4) is 0 Å². The maximum atomic E-state index is 5.66. The molecule has 2 unspecified atom stereocenters. The third-order valence-corrected chi connectivity index (χ3v) is 4.57. The summed E-state index contributed by atoms with van der Waals surface area (Å²) < 4.78 is 0.950. The minimum Gasteiger partial charge on any atom is -0.389 e. The summed E-state index contributed by atoms with van der Waals surface area (Å²) >= 11 is 8.53. The van der Waals surface area contributed by atoms with Crippen LogP contribution in [0.1, 0.15) is 18.9 Å². The van der Waals surface area contributed by atoms with Crippen molar-refractivity contribution in [2.45, 2.75) is 19.4 Å². The summed E-state index contributed by atoms with van der Waals surface area (Å²) in [5.41, 5.74) is 7.67. The van der Waals surface area contributed by atoms with E-state index in [4.69, 9.17) is 18.0 Å². The molecule has 0 spiro atoms. The second-order valence-corrected chi connectivity index (χ2v) is 6.63. The topological polar surface area (TPSA) is 41.3 Å². The van der Waals surface area contributed by atoms with Crippen molar-refractivity contribution in [3.63, 3.8) is 0 Å². The zero-order valence-corrected chi connectivity index (χ0v) is 13.7. The molecule has 104 valence electrons. The van der Waals surface area contributed by atoms with Crippen LogP contribution in [0.5, 0.6) is 0 Å². The standard InChI is InChI=1S/C14H20BrN3S/c1-9-8-18(2)6-5-13(9)17-10-3-4-11(14(16)19)12(15)7-10/h3-4,7,9,13,17H,5-6,8H2,1-2H3,(H2,16,19). The fourth-order valence-corrected chi connectivity index (χ4v) is 3.49. The zero-order valence-electron chi connectivity index (χ0n) is 11.3. The lowest BCUT2D eigenvalue weighted by molar-refractivity contribution is 0.206. The molecule has 0 saturated carbocycles. The van der Waals surface area contributed by atoms with Crippen molar-refractivity contribution in [2.75, 3.05) is 25.5 Å². The van der Waals surface area contributed by atoms with Crippen molar-refractivity contribution in [3.8, 4) is 0 Å². The summed E-state index contributed by atoms with van der Waals surface area (Å²) in [5.74, 6) is 0.646. The van der Waals surface area contributed by atoms with Gasteiger partial charge in [-0.2, -0.15) is 0 Å².